The zero-order valence-electron chi connectivity index (χ0n) is 9.97. The topological polar surface area (TPSA) is 25.8 Å². The normalized spacial score (nSPS) is 10.7. The Bertz CT molecular complexity index is 600. The molecule has 5 heteroatoms. The molecule has 0 bridgehead atoms. The van der Waals surface area contributed by atoms with Gasteiger partial charge in [0.25, 0.3) is 0 Å². The fraction of sp³-hybridized carbons (Fsp3) is 0.231. The van der Waals surface area contributed by atoms with E-state index in [9.17, 15) is 0 Å². The number of aryl methyl sites for hydroxylation is 1. The third kappa shape index (κ3) is 2.68. The Balaban J connectivity index is 2.60. The van der Waals surface area contributed by atoms with E-state index in [1.807, 2.05) is 32.0 Å². The van der Waals surface area contributed by atoms with Crippen molar-refractivity contribution in [1.29, 1.82) is 0 Å². The van der Waals surface area contributed by atoms with Gasteiger partial charge in [-0.1, -0.05) is 30.1 Å². The second-order valence-corrected chi connectivity index (χ2v) is 5.54. The molecule has 0 N–H and O–H groups in total. The van der Waals surface area contributed by atoms with Gasteiger partial charge >= 0.3 is 0 Å². The molecule has 0 aliphatic heterocycles. The molecule has 0 aliphatic rings. The largest absolute Gasteiger partial charge is 0.233 e. The van der Waals surface area contributed by atoms with Gasteiger partial charge in [-0.3, -0.25) is 0 Å². The maximum absolute atomic E-state index is 6.14. The molecule has 0 unspecified atom stereocenters. The van der Waals surface area contributed by atoms with Gasteiger partial charge in [-0.15, -0.1) is 0 Å². The highest BCUT2D eigenvalue weighted by Crippen LogP contribution is 2.30. The van der Waals surface area contributed by atoms with Crippen LogP contribution in [0.25, 0.3) is 11.4 Å². The number of benzene rings is 1. The molecule has 1 aromatic heterocycles. The zero-order valence-corrected chi connectivity index (χ0v) is 13.1. The standard InChI is InChI=1S/C13H11BrCl2N2/c1-3-11-7(2)12(16)18-13(17-11)9-5-4-8(15)6-10(9)14/h4-6H,3H2,1-2H3. The molecule has 1 aromatic carbocycles. The number of halogens is 3. The summed E-state index contributed by atoms with van der Waals surface area (Å²) in [5.41, 5.74) is 2.79. The van der Waals surface area contributed by atoms with Gasteiger partial charge in [0.15, 0.2) is 5.82 Å². The molecular weight excluding hydrogens is 335 g/mol. The summed E-state index contributed by atoms with van der Waals surface area (Å²) in [7, 11) is 0. The quantitative estimate of drug-likeness (QED) is 0.709. The van der Waals surface area contributed by atoms with Crippen LogP contribution >= 0.6 is 39.1 Å². The van der Waals surface area contributed by atoms with Crippen molar-refractivity contribution in [2.75, 3.05) is 0 Å². The lowest BCUT2D eigenvalue weighted by atomic mass is 10.1. The molecule has 0 atom stereocenters. The summed E-state index contributed by atoms with van der Waals surface area (Å²) in [6.07, 6.45) is 0.826. The van der Waals surface area contributed by atoms with Crippen molar-refractivity contribution in [3.05, 3.63) is 44.1 Å². The van der Waals surface area contributed by atoms with Crippen molar-refractivity contribution >= 4 is 39.1 Å². The minimum atomic E-state index is 0.499. The second kappa shape index (κ2) is 5.55. The van der Waals surface area contributed by atoms with E-state index in [4.69, 9.17) is 23.2 Å². The molecule has 18 heavy (non-hydrogen) atoms. The van der Waals surface area contributed by atoms with Crippen molar-refractivity contribution in [2.24, 2.45) is 0 Å². The molecule has 0 radical (unpaired) electrons. The molecule has 2 rings (SSSR count). The summed E-state index contributed by atoms with van der Waals surface area (Å²) >= 11 is 15.5. The van der Waals surface area contributed by atoms with E-state index < -0.39 is 0 Å². The highest BCUT2D eigenvalue weighted by atomic mass is 79.9. The fourth-order valence-corrected chi connectivity index (χ4v) is 2.72. The molecule has 0 aliphatic carbocycles. The van der Waals surface area contributed by atoms with Crippen molar-refractivity contribution in [3.8, 4) is 11.4 Å². The summed E-state index contributed by atoms with van der Waals surface area (Å²) in [6, 6.07) is 5.51. The SMILES string of the molecule is CCc1nc(-c2ccc(Cl)cc2Br)nc(Cl)c1C. The Kier molecular flexibility index (Phi) is 4.25. The van der Waals surface area contributed by atoms with Crippen molar-refractivity contribution in [1.82, 2.24) is 9.97 Å². The van der Waals surface area contributed by atoms with Gasteiger partial charge < -0.3 is 0 Å². The Labute approximate surface area is 124 Å². The minimum absolute atomic E-state index is 0.499. The van der Waals surface area contributed by atoms with Gasteiger partial charge in [-0.2, -0.15) is 0 Å². The first kappa shape index (κ1) is 13.8. The molecule has 0 saturated carbocycles. The van der Waals surface area contributed by atoms with E-state index in [-0.39, 0.29) is 0 Å². The van der Waals surface area contributed by atoms with Crippen LogP contribution in [0.4, 0.5) is 0 Å². The molecule has 94 valence electrons. The van der Waals surface area contributed by atoms with E-state index in [1.54, 1.807) is 0 Å². The third-order valence-electron chi connectivity index (χ3n) is 2.69. The average molecular weight is 346 g/mol. The first-order chi connectivity index (χ1) is 8.52. The summed E-state index contributed by atoms with van der Waals surface area (Å²) in [6.45, 7) is 3.98. The van der Waals surface area contributed by atoms with Crippen LogP contribution in [-0.2, 0) is 6.42 Å². The Morgan fingerprint density at radius 3 is 2.56 bits per heavy atom. The summed E-state index contributed by atoms with van der Waals surface area (Å²) < 4.78 is 0.858. The Morgan fingerprint density at radius 1 is 1.22 bits per heavy atom. The number of rotatable bonds is 2. The zero-order chi connectivity index (χ0) is 13.3. The smallest absolute Gasteiger partial charge is 0.162 e. The van der Waals surface area contributed by atoms with Gasteiger partial charge in [0, 0.05) is 26.3 Å². The third-order valence-corrected chi connectivity index (χ3v) is 3.95. The van der Waals surface area contributed by atoms with Crippen LogP contribution in [0.1, 0.15) is 18.2 Å². The van der Waals surface area contributed by atoms with Crippen LogP contribution in [-0.4, -0.2) is 9.97 Å². The number of hydrogen-bond donors (Lipinski definition) is 0. The van der Waals surface area contributed by atoms with E-state index in [2.05, 4.69) is 25.9 Å². The van der Waals surface area contributed by atoms with Crippen LogP contribution < -0.4 is 0 Å². The maximum atomic E-state index is 6.14. The van der Waals surface area contributed by atoms with Crippen molar-refractivity contribution in [2.45, 2.75) is 20.3 Å². The number of hydrogen-bond acceptors (Lipinski definition) is 2. The summed E-state index contributed by atoms with van der Waals surface area (Å²) in [5, 5.41) is 1.17. The molecule has 0 amide bonds. The van der Waals surface area contributed by atoms with Gasteiger partial charge in [0.2, 0.25) is 0 Å². The van der Waals surface area contributed by atoms with Crippen molar-refractivity contribution in [3.63, 3.8) is 0 Å². The predicted octanol–water partition coefficient (Wildman–Crippen LogP) is 5.08. The van der Waals surface area contributed by atoms with E-state index in [1.165, 1.54) is 0 Å². The maximum Gasteiger partial charge on any atom is 0.162 e. The van der Waals surface area contributed by atoms with E-state index in [0.29, 0.717) is 16.0 Å². The minimum Gasteiger partial charge on any atom is -0.233 e. The lowest BCUT2D eigenvalue weighted by Gasteiger charge is -2.09. The van der Waals surface area contributed by atoms with Gasteiger partial charge in [0.05, 0.1) is 0 Å². The molecule has 0 fully saturated rings. The Morgan fingerprint density at radius 2 is 1.94 bits per heavy atom. The van der Waals surface area contributed by atoms with Crippen LogP contribution in [0.15, 0.2) is 22.7 Å². The number of nitrogens with zero attached hydrogens (tertiary/aromatic N) is 2. The highest BCUT2D eigenvalue weighted by molar-refractivity contribution is 9.10. The molecule has 0 spiro atoms. The fourth-order valence-electron chi connectivity index (χ4n) is 1.67. The summed E-state index contributed by atoms with van der Waals surface area (Å²) in [4.78, 5) is 8.87. The second-order valence-electron chi connectivity index (χ2n) is 3.89. The predicted molar refractivity (Wildman–Crippen MR) is 79.3 cm³/mol. The first-order valence-electron chi connectivity index (χ1n) is 5.51. The van der Waals surface area contributed by atoms with Crippen LogP contribution in [0.3, 0.4) is 0 Å². The first-order valence-corrected chi connectivity index (χ1v) is 7.06. The van der Waals surface area contributed by atoms with Crippen LogP contribution in [0.2, 0.25) is 10.2 Å². The van der Waals surface area contributed by atoms with E-state index in [0.717, 1.165) is 27.7 Å². The monoisotopic (exact) mass is 344 g/mol. The molecule has 0 saturated heterocycles. The molecular formula is C13H11BrCl2N2. The van der Waals surface area contributed by atoms with Crippen LogP contribution in [0, 0.1) is 6.92 Å². The number of aromatic nitrogens is 2. The Hall–Kier alpha value is -0.640. The molecule has 1 heterocycles. The molecule has 2 nitrogen and oxygen atoms in total. The lowest BCUT2D eigenvalue weighted by Crippen LogP contribution is -1.99. The lowest BCUT2D eigenvalue weighted by molar-refractivity contribution is 0.976. The molecule has 2 aromatic rings. The van der Waals surface area contributed by atoms with Crippen LogP contribution in [0.5, 0.6) is 0 Å². The summed E-state index contributed by atoms with van der Waals surface area (Å²) in [5.74, 6) is 0.617. The van der Waals surface area contributed by atoms with Crippen molar-refractivity contribution < 1.29 is 0 Å². The van der Waals surface area contributed by atoms with Gasteiger partial charge in [0.1, 0.15) is 5.15 Å². The van der Waals surface area contributed by atoms with Gasteiger partial charge in [-0.05, 0) is 47.5 Å². The highest BCUT2D eigenvalue weighted by Gasteiger charge is 2.12. The van der Waals surface area contributed by atoms with Gasteiger partial charge in [-0.25, -0.2) is 9.97 Å². The van der Waals surface area contributed by atoms with E-state index >= 15 is 0 Å². The average Bonchev–Trinajstić information content (AvgIpc) is 2.32.